The number of pyridine rings is 4. The first kappa shape index (κ1) is 38.8. The Morgan fingerprint density at radius 1 is 0.284 bits per heavy atom. The monoisotopic (exact) mass is 854 g/mol. The summed E-state index contributed by atoms with van der Waals surface area (Å²) in [6.07, 6.45) is 0. The Labute approximate surface area is 389 Å². The zero-order valence-electron chi connectivity index (χ0n) is 37.1. The first-order valence-electron chi connectivity index (χ1n) is 22.9. The van der Waals surface area contributed by atoms with E-state index in [0.717, 1.165) is 77.5 Å². The summed E-state index contributed by atoms with van der Waals surface area (Å²) in [4.78, 5) is 20.4. The molecule has 0 saturated heterocycles. The van der Waals surface area contributed by atoms with E-state index in [1.807, 2.05) is 13.8 Å². The Hall–Kier alpha value is -8.60. The molecule has 0 unspecified atom stereocenters. The van der Waals surface area contributed by atoms with E-state index in [2.05, 4.69) is 218 Å². The summed E-state index contributed by atoms with van der Waals surface area (Å²) in [5.74, 6) is 0. The maximum Gasteiger partial charge on any atom is 0.0972 e. The summed E-state index contributed by atoms with van der Waals surface area (Å²) < 4.78 is 0. The lowest BCUT2D eigenvalue weighted by atomic mass is 9.67. The zero-order valence-corrected chi connectivity index (χ0v) is 37.1. The highest BCUT2D eigenvalue weighted by atomic mass is 14.8. The molecule has 4 heterocycles. The molecule has 0 fully saturated rings. The number of fused-ring (bicyclic) bond motifs is 9. The van der Waals surface area contributed by atoms with Crippen molar-refractivity contribution in [1.82, 2.24) is 19.9 Å². The highest BCUT2D eigenvalue weighted by Gasteiger charge is 2.46. The number of nitrogens with zero attached hydrogens (tertiary/aromatic N) is 4. The fraction of sp³-hybridized carbons (Fsp3) is 0.0476. The van der Waals surface area contributed by atoms with Crippen LogP contribution in [0.4, 0.5) is 0 Å². The Morgan fingerprint density at radius 3 is 1.03 bits per heavy atom. The van der Waals surface area contributed by atoms with Crippen molar-refractivity contribution >= 4 is 43.6 Å². The molecule has 0 bridgehead atoms. The van der Waals surface area contributed by atoms with Crippen molar-refractivity contribution in [3.63, 3.8) is 0 Å². The van der Waals surface area contributed by atoms with Crippen LogP contribution in [0.15, 0.2) is 218 Å². The van der Waals surface area contributed by atoms with Crippen molar-refractivity contribution in [2.24, 2.45) is 0 Å². The minimum absolute atomic E-state index is 0.680. The van der Waals surface area contributed by atoms with Gasteiger partial charge < -0.3 is 0 Å². The van der Waals surface area contributed by atoms with E-state index in [1.165, 1.54) is 55.6 Å². The van der Waals surface area contributed by atoms with Crippen molar-refractivity contribution in [2.45, 2.75) is 19.3 Å². The summed E-state index contributed by atoms with van der Waals surface area (Å²) >= 11 is 0. The Morgan fingerprint density at radius 2 is 0.627 bits per heavy atom. The Bertz CT molecular complexity index is 3660. The summed E-state index contributed by atoms with van der Waals surface area (Å²) in [5.41, 5.74) is 21.0. The Kier molecular flexibility index (Phi) is 8.84. The van der Waals surface area contributed by atoms with Crippen LogP contribution in [0.1, 0.15) is 33.6 Å². The quantitative estimate of drug-likeness (QED) is 0.156. The van der Waals surface area contributed by atoms with Gasteiger partial charge in [-0.15, -0.1) is 0 Å². The third kappa shape index (κ3) is 6.29. The number of benzene rings is 8. The smallest absolute Gasteiger partial charge is 0.0972 e. The van der Waals surface area contributed by atoms with Gasteiger partial charge in [0.05, 0.1) is 38.9 Å². The number of rotatable bonds is 6. The SMILES string of the molecule is Cc1ccc2ccc3ccc(-c4ccc(C5(c6ccc(-c7ccc8ccc9ccc(C)nc9c8n7)cc6)c6cc(-c7ccccc7)ccc6-c6ccc(-c7ccccc7)cc65)cc4)nc3c2n1. The molecule has 8 aromatic carbocycles. The van der Waals surface area contributed by atoms with Crippen LogP contribution in [0.3, 0.4) is 0 Å². The van der Waals surface area contributed by atoms with Gasteiger partial charge in [-0.25, -0.2) is 9.97 Å². The third-order valence-corrected chi connectivity index (χ3v) is 13.9. The number of hydrogen-bond acceptors (Lipinski definition) is 4. The van der Waals surface area contributed by atoms with E-state index in [9.17, 15) is 0 Å². The van der Waals surface area contributed by atoms with E-state index >= 15 is 0 Å². The summed E-state index contributed by atoms with van der Waals surface area (Å²) in [6.45, 7) is 4.07. The van der Waals surface area contributed by atoms with Crippen LogP contribution >= 0.6 is 0 Å². The second kappa shape index (κ2) is 15.3. The minimum atomic E-state index is -0.680. The molecule has 314 valence electrons. The molecule has 0 saturated carbocycles. The van der Waals surface area contributed by atoms with Gasteiger partial charge in [-0.2, -0.15) is 0 Å². The molecule has 12 aromatic rings. The normalized spacial score (nSPS) is 12.7. The fourth-order valence-corrected chi connectivity index (χ4v) is 10.6. The average Bonchev–Trinajstić information content (AvgIpc) is 3.68. The average molecular weight is 855 g/mol. The predicted molar refractivity (Wildman–Crippen MR) is 276 cm³/mol. The van der Waals surface area contributed by atoms with Crippen LogP contribution in [0.5, 0.6) is 0 Å². The lowest BCUT2D eigenvalue weighted by Gasteiger charge is -2.34. The van der Waals surface area contributed by atoms with E-state index in [0.29, 0.717) is 0 Å². The first-order valence-corrected chi connectivity index (χ1v) is 22.9. The van der Waals surface area contributed by atoms with E-state index < -0.39 is 5.41 Å². The standard InChI is InChI=1S/C63H42N4/c1-39-13-15-45-17-19-47-27-35-57(66-61(47)59(45)64-39)43-21-29-51(30-22-43)63(52-31-23-44(24-32-52)58-36-28-48-20-18-46-16-14-40(2)65-60(46)62(48)67-58)55-37-49(41-9-5-3-6-10-41)25-33-53(55)54-34-26-50(38-56(54)63)42-11-7-4-8-12-42/h3-38H,1-2H3. The second-order valence-corrected chi connectivity index (χ2v) is 17.9. The van der Waals surface area contributed by atoms with Crippen molar-refractivity contribution in [3.05, 3.63) is 252 Å². The van der Waals surface area contributed by atoms with E-state index in [1.54, 1.807) is 0 Å². The van der Waals surface area contributed by atoms with Crippen molar-refractivity contribution in [3.8, 4) is 55.9 Å². The maximum absolute atomic E-state index is 5.29. The fourth-order valence-electron chi connectivity index (χ4n) is 10.6. The van der Waals surface area contributed by atoms with Crippen LogP contribution in [0, 0.1) is 13.8 Å². The molecule has 0 radical (unpaired) electrons. The first-order chi connectivity index (χ1) is 33.0. The highest BCUT2D eigenvalue weighted by molar-refractivity contribution is 6.04. The van der Waals surface area contributed by atoms with Crippen molar-refractivity contribution in [1.29, 1.82) is 0 Å². The lowest BCUT2D eigenvalue weighted by Crippen LogP contribution is -2.28. The van der Waals surface area contributed by atoms with Crippen LogP contribution in [-0.4, -0.2) is 19.9 Å². The Balaban J connectivity index is 1.03. The molecule has 0 amide bonds. The number of hydrogen-bond donors (Lipinski definition) is 0. The van der Waals surface area contributed by atoms with Gasteiger partial charge in [-0.3, -0.25) is 9.97 Å². The van der Waals surface area contributed by atoms with Crippen molar-refractivity contribution in [2.75, 3.05) is 0 Å². The third-order valence-electron chi connectivity index (χ3n) is 13.9. The van der Waals surface area contributed by atoms with Crippen LogP contribution in [0.2, 0.25) is 0 Å². The zero-order chi connectivity index (χ0) is 44.6. The molecule has 13 rings (SSSR count). The molecule has 4 heteroatoms. The van der Waals surface area contributed by atoms with Crippen LogP contribution in [0.25, 0.3) is 99.5 Å². The maximum atomic E-state index is 5.29. The van der Waals surface area contributed by atoms with E-state index in [-0.39, 0.29) is 0 Å². The summed E-state index contributed by atoms with van der Waals surface area (Å²) in [6, 6.07) is 79.4. The van der Waals surface area contributed by atoms with Gasteiger partial charge in [0, 0.05) is 44.1 Å². The molecular weight excluding hydrogens is 813 g/mol. The van der Waals surface area contributed by atoms with Crippen LogP contribution < -0.4 is 0 Å². The van der Waals surface area contributed by atoms with Gasteiger partial charge in [0.2, 0.25) is 0 Å². The molecule has 1 aliphatic rings. The summed E-state index contributed by atoms with van der Waals surface area (Å²) in [5, 5.41) is 4.34. The van der Waals surface area contributed by atoms with E-state index in [4.69, 9.17) is 19.9 Å². The molecular formula is C63H42N4. The number of aryl methyl sites for hydroxylation is 2. The molecule has 4 aromatic heterocycles. The lowest BCUT2D eigenvalue weighted by molar-refractivity contribution is 0.769. The van der Waals surface area contributed by atoms with Gasteiger partial charge in [-0.1, -0.05) is 182 Å². The molecule has 4 nitrogen and oxygen atoms in total. The van der Waals surface area contributed by atoms with Gasteiger partial charge in [0.25, 0.3) is 0 Å². The van der Waals surface area contributed by atoms with Gasteiger partial charge in [0.15, 0.2) is 0 Å². The largest absolute Gasteiger partial charge is 0.251 e. The second-order valence-electron chi connectivity index (χ2n) is 17.9. The van der Waals surface area contributed by atoms with Crippen molar-refractivity contribution < 1.29 is 0 Å². The predicted octanol–water partition coefficient (Wildman–Crippen LogP) is 15.5. The highest BCUT2D eigenvalue weighted by Crippen LogP contribution is 2.58. The molecule has 0 N–H and O–H groups in total. The van der Waals surface area contributed by atoms with Gasteiger partial charge in [0.1, 0.15) is 0 Å². The topological polar surface area (TPSA) is 51.6 Å². The summed E-state index contributed by atoms with van der Waals surface area (Å²) in [7, 11) is 0. The molecule has 1 aliphatic carbocycles. The van der Waals surface area contributed by atoms with Gasteiger partial charge >= 0.3 is 0 Å². The van der Waals surface area contributed by atoms with Crippen LogP contribution in [-0.2, 0) is 5.41 Å². The minimum Gasteiger partial charge on any atom is -0.251 e. The molecule has 0 spiro atoms. The molecule has 0 atom stereocenters. The number of aromatic nitrogens is 4. The molecule has 0 aliphatic heterocycles. The molecule has 67 heavy (non-hydrogen) atoms. The van der Waals surface area contributed by atoms with Gasteiger partial charge in [-0.05, 0) is 106 Å².